The van der Waals surface area contributed by atoms with Crippen molar-refractivity contribution in [2.75, 3.05) is 26.1 Å². The second kappa shape index (κ2) is 9.07. The van der Waals surface area contributed by atoms with E-state index in [1.165, 1.54) is 7.11 Å². The Morgan fingerprint density at radius 2 is 1.81 bits per heavy atom. The maximum Gasteiger partial charge on any atom is 0.325 e. The molecule has 2 N–H and O–H groups in total. The first kappa shape index (κ1) is 22.1. The summed E-state index contributed by atoms with van der Waals surface area (Å²) in [7, 11) is 3.11. The van der Waals surface area contributed by atoms with E-state index in [4.69, 9.17) is 9.47 Å². The van der Waals surface area contributed by atoms with Crippen molar-refractivity contribution in [2.45, 2.75) is 32.2 Å². The Balaban J connectivity index is 1.63. The van der Waals surface area contributed by atoms with Gasteiger partial charge < -0.3 is 20.1 Å². The summed E-state index contributed by atoms with van der Waals surface area (Å²) in [6.45, 7) is 3.19. The van der Waals surface area contributed by atoms with Gasteiger partial charge in [-0.25, -0.2) is 4.79 Å². The summed E-state index contributed by atoms with van der Waals surface area (Å²) in [5.41, 5.74) is 1.38. The van der Waals surface area contributed by atoms with E-state index in [-0.39, 0.29) is 6.54 Å². The predicted octanol–water partition coefficient (Wildman–Crippen LogP) is 2.89. The second-order valence-electron chi connectivity index (χ2n) is 7.75. The van der Waals surface area contributed by atoms with Crippen LogP contribution in [0.15, 0.2) is 42.5 Å². The zero-order valence-corrected chi connectivity index (χ0v) is 18.2. The number of ether oxygens (including phenoxy) is 2. The van der Waals surface area contributed by atoms with Crippen LogP contribution in [0, 0.1) is 6.92 Å². The molecule has 2 aromatic carbocycles. The van der Waals surface area contributed by atoms with Gasteiger partial charge in [0.05, 0.1) is 19.9 Å². The van der Waals surface area contributed by atoms with Crippen LogP contribution in [0.5, 0.6) is 11.5 Å². The Labute approximate surface area is 181 Å². The van der Waals surface area contributed by atoms with Gasteiger partial charge in [-0.3, -0.25) is 14.5 Å². The fraction of sp³-hybridized carbons (Fsp3) is 0.348. The molecular formula is C23H27N3O5. The van der Waals surface area contributed by atoms with Crippen LogP contribution < -0.4 is 20.1 Å². The highest BCUT2D eigenvalue weighted by Crippen LogP contribution is 2.26. The summed E-state index contributed by atoms with van der Waals surface area (Å²) < 4.78 is 10.4. The number of anilines is 1. The molecule has 0 unspecified atom stereocenters. The molecule has 0 spiro atoms. The molecule has 8 nitrogen and oxygen atoms in total. The van der Waals surface area contributed by atoms with E-state index < -0.39 is 23.4 Å². The van der Waals surface area contributed by atoms with Crippen LogP contribution in [-0.2, 0) is 16.0 Å². The fourth-order valence-corrected chi connectivity index (χ4v) is 3.50. The first-order chi connectivity index (χ1) is 14.8. The third-order valence-corrected chi connectivity index (χ3v) is 5.35. The van der Waals surface area contributed by atoms with Crippen molar-refractivity contribution >= 4 is 23.5 Å². The van der Waals surface area contributed by atoms with Gasteiger partial charge in [0.2, 0.25) is 5.91 Å². The maximum atomic E-state index is 12.9. The van der Waals surface area contributed by atoms with Gasteiger partial charge >= 0.3 is 6.03 Å². The van der Waals surface area contributed by atoms with Gasteiger partial charge in [-0.15, -0.1) is 0 Å². The van der Waals surface area contributed by atoms with Crippen LogP contribution >= 0.6 is 0 Å². The van der Waals surface area contributed by atoms with Gasteiger partial charge in [0.15, 0.2) is 0 Å². The van der Waals surface area contributed by atoms with E-state index in [0.29, 0.717) is 24.3 Å². The van der Waals surface area contributed by atoms with E-state index in [1.807, 2.05) is 37.3 Å². The SMILES string of the molecule is COc1ccc(CC[C@]2(C)NC(=O)N(CC(=O)Nc3cc(C)ccc3OC)C2=O)cc1. The van der Waals surface area contributed by atoms with Crippen LogP contribution in [-0.4, -0.2) is 49.0 Å². The molecule has 1 fully saturated rings. The van der Waals surface area contributed by atoms with Crippen molar-refractivity contribution < 1.29 is 23.9 Å². The monoisotopic (exact) mass is 425 g/mol. The molecule has 31 heavy (non-hydrogen) atoms. The number of carbonyl (C=O) groups is 3. The Morgan fingerprint density at radius 1 is 1.10 bits per heavy atom. The number of urea groups is 1. The number of hydrogen-bond acceptors (Lipinski definition) is 5. The molecular weight excluding hydrogens is 398 g/mol. The number of imide groups is 1. The van der Waals surface area contributed by atoms with Crippen LogP contribution in [0.4, 0.5) is 10.5 Å². The zero-order chi connectivity index (χ0) is 22.6. The molecule has 1 atom stereocenters. The smallest absolute Gasteiger partial charge is 0.325 e. The topological polar surface area (TPSA) is 97.0 Å². The van der Waals surface area contributed by atoms with Gasteiger partial charge in [0.25, 0.3) is 5.91 Å². The average molecular weight is 425 g/mol. The minimum absolute atomic E-state index is 0.375. The van der Waals surface area contributed by atoms with E-state index in [1.54, 1.807) is 26.2 Å². The molecule has 4 amide bonds. The second-order valence-corrected chi connectivity index (χ2v) is 7.75. The number of methoxy groups -OCH3 is 2. The highest BCUT2D eigenvalue weighted by molar-refractivity contribution is 6.10. The molecule has 2 aromatic rings. The molecule has 1 aliphatic heterocycles. The summed E-state index contributed by atoms with van der Waals surface area (Å²) >= 11 is 0. The first-order valence-corrected chi connectivity index (χ1v) is 9.97. The van der Waals surface area contributed by atoms with Crippen molar-refractivity contribution in [1.29, 1.82) is 0 Å². The predicted molar refractivity (Wildman–Crippen MR) is 116 cm³/mol. The molecule has 0 saturated carbocycles. The first-order valence-electron chi connectivity index (χ1n) is 9.97. The molecule has 0 radical (unpaired) electrons. The highest BCUT2D eigenvalue weighted by Gasteiger charge is 2.47. The molecule has 0 aliphatic carbocycles. The lowest BCUT2D eigenvalue weighted by Gasteiger charge is -2.21. The molecule has 1 saturated heterocycles. The van der Waals surface area contributed by atoms with Crippen LogP contribution in [0.3, 0.4) is 0 Å². The third kappa shape index (κ3) is 4.96. The van der Waals surface area contributed by atoms with Gasteiger partial charge in [0.1, 0.15) is 23.6 Å². The minimum Gasteiger partial charge on any atom is -0.497 e. The average Bonchev–Trinajstić information content (AvgIpc) is 2.96. The van der Waals surface area contributed by atoms with Crippen molar-refractivity contribution in [2.24, 2.45) is 0 Å². The van der Waals surface area contributed by atoms with Gasteiger partial charge in [-0.1, -0.05) is 18.2 Å². The van der Waals surface area contributed by atoms with Crippen LogP contribution in [0.2, 0.25) is 0 Å². The van der Waals surface area contributed by atoms with Crippen molar-refractivity contribution in [3.8, 4) is 11.5 Å². The van der Waals surface area contributed by atoms with E-state index in [0.717, 1.165) is 21.8 Å². The molecule has 1 heterocycles. The summed E-state index contributed by atoms with van der Waals surface area (Å²) in [5, 5.41) is 5.45. The summed E-state index contributed by atoms with van der Waals surface area (Å²) in [4.78, 5) is 38.9. The number of benzene rings is 2. The number of nitrogens with one attached hydrogen (secondary N) is 2. The van der Waals surface area contributed by atoms with Gasteiger partial charge in [-0.05, 0) is 62.1 Å². The minimum atomic E-state index is -1.07. The number of carbonyl (C=O) groups excluding carboxylic acids is 3. The molecule has 1 aliphatic rings. The number of hydrogen-bond donors (Lipinski definition) is 2. The van der Waals surface area contributed by atoms with Gasteiger partial charge in [0, 0.05) is 0 Å². The van der Waals surface area contributed by atoms with Gasteiger partial charge in [-0.2, -0.15) is 0 Å². The number of rotatable bonds is 8. The molecule has 3 rings (SSSR count). The highest BCUT2D eigenvalue weighted by atomic mass is 16.5. The zero-order valence-electron chi connectivity index (χ0n) is 18.2. The quantitative estimate of drug-likeness (QED) is 0.634. The lowest BCUT2D eigenvalue weighted by molar-refractivity contribution is -0.133. The molecule has 164 valence electrons. The molecule has 0 bridgehead atoms. The molecule has 8 heteroatoms. The van der Waals surface area contributed by atoms with E-state index in [2.05, 4.69) is 10.6 Å². The van der Waals surface area contributed by atoms with Crippen molar-refractivity contribution in [3.63, 3.8) is 0 Å². The van der Waals surface area contributed by atoms with E-state index in [9.17, 15) is 14.4 Å². The summed E-state index contributed by atoms with van der Waals surface area (Å²) in [6, 6.07) is 12.3. The number of amides is 4. The lowest BCUT2D eigenvalue weighted by atomic mass is 9.93. The Bertz CT molecular complexity index is 989. The summed E-state index contributed by atoms with van der Waals surface area (Å²) in [5.74, 6) is 0.354. The Kier molecular flexibility index (Phi) is 6.48. The maximum absolute atomic E-state index is 12.9. The van der Waals surface area contributed by atoms with E-state index >= 15 is 0 Å². The van der Waals surface area contributed by atoms with Crippen LogP contribution in [0.1, 0.15) is 24.5 Å². The number of nitrogens with zero attached hydrogens (tertiary/aromatic N) is 1. The third-order valence-electron chi connectivity index (χ3n) is 5.35. The molecule has 0 aromatic heterocycles. The summed E-state index contributed by atoms with van der Waals surface area (Å²) in [6.07, 6.45) is 1.00. The largest absolute Gasteiger partial charge is 0.497 e. The number of aryl methyl sites for hydroxylation is 2. The van der Waals surface area contributed by atoms with Crippen molar-refractivity contribution in [3.05, 3.63) is 53.6 Å². The van der Waals surface area contributed by atoms with Crippen molar-refractivity contribution in [1.82, 2.24) is 10.2 Å². The lowest BCUT2D eigenvalue weighted by Crippen LogP contribution is -2.45. The normalized spacial score (nSPS) is 18.0. The Morgan fingerprint density at radius 3 is 2.45 bits per heavy atom. The standard InChI is InChI=1S/C23H27N3O5/c1-15-5-10-19(31-4)18(13-15)24-20(27)14-26-21(28)23(2,25-22(26)29)12-11-16-6-8-17(30-3)9-7-16/h5-10,13H,11-12,14H2,1-4H3,(H,24,27)(H,25,29)/t23-/m0/s1. The Hall–Kier alpha value is -3.55. The fourth-order valence-electron chi connectivity index (χ4n) is 3.50. The van der Waals surface area contributed by atoms with Crippen LogP contribution in [0.25, 0.3) is 0 Å².